The van der Waals surface area contributed by atoms with E-state index in [0.29, 0.717) is 5.56 Å². The molecule has 0 aromatic heterocycles. The lowest BCUT2D eigenvalue weighted by molar-refractivity contribution is 0.0693. The molecule has 0 aliphatic rings. The number of carboxylic acids is 1. The van der Waals surface area contributed by atoms with Gasteiger partial charge in [0.15, 0.2) is 0 Å². The minimum Gasteiger partial charge on any atom is -0.507 e. The van der Waals surface area contributed by atoms with Gasteiger partial charge in [0.1, 0.15) is 11.3 Å². The predicted octanol–water partition coefficient (Wildman–Crippen LogP) is 3.04. The fourth-order valence-electron chi connectivity index (χ4n) is 1.38. The SMILES string of the molecule is CC(C)(C)c1ccc(Cl)c(C(=O)O)c1O. The van der Waals surface area contributed by atoms with Crippen molar-refractivity contribution in [2.45, 2.75) is 26.2 Å². The Morgan fingerprint density at radius 2 is 1.87 bits per heavy atom. The highest BCUT2D eigenvalue weighted by atomic mass is 35.5. The van der Waals surface area contributed by atoms with Crippen molar-refractivity contribution >= 4 is 17.6 Å². The van der Waals surface area contributed by atoms with Crippen LogP contribution in [-0.4, -0.2) is 16.2 Å². The van der Waals surface area contributed by atoms with Crippen molar-refractivity contribution in [3.8, 4) is 5.75 Å². The second kappa shape index (κ2) is 3.74. The average molecular weight is 229 g/mol. The Kier molecular flexibility index (Phi) is 2.95. The van der Waals surface area contributed by atoms with Gasteiger partial charge in [-0.05, 0) is 11.5 Å². The molecule has 0 heterocycles. The van der Waals surface area contributed by atoms with Crippen molar-refractivity contribution < 1.29 is 15.0 Å². The highest BCUT2D eigenvalue weighted by Crippen LogP contribution is 2.36. The number of benzene rings is 1. The molecule has 0 fully saturated rings. The molecule has 0 saturated carbocycles. The summed E-state index contributed by atoms with van der Waals surface area (Å²) in [6.45, 7) is 5.67. The van der Waals surface area contributed by atoms with Gasteiger partial charge >= 0.3 is 5.97 Å². The first-order chi connectivity index (χ1) is 6.75. The van der Waals surface area contributed by atoms with Crippen molar-refractivity contribution in [1.29, 1.82) is 0 Å². The van der Waals surface area contributed by atoms with E-state index in [1.165, 1.54) is 6.07 Å². The summed E-state index contributed by atoms with van der Waals surface area (Å²) >= 11 is 5.71. The van der Waals surface area contributed by atoms with E-state index in [0.717, 1.165) is 0 Å². The summed E-state index contributed by atoms with van der Waals surface area (Å²) in [5.41, 5.74) is 0.0205. The van der Waals surface area contributed by atoms with Crippen LogP contribution in [0.25, 0.3) is 0 Å². The molecule has 0 aliphatic carbocycles. The molecule has 0 spiro atoms. The fourth-order valence-corrected chi connectivity index (χ4v) is 1.61. The first-order valence-electron chi connectivity index (χ1n) is 4.50. The summed E-state index contributed by atoms with van der Waals surface area (Å²) in [5, 5.41) is 18.8. The molecule has 1 aromatic carbocycles. The molecule has 1 aromatic rings. The van der Waals surface area contributed by atoms with Crippen LogP contribution in [0.3, 0.4) is 0 Å². The van der Waals surface area contributed by atoms with Crippen molar-refractivity contribution in [1.82, 2.24) is 0 Å². The molecular formula is C11H13ClO3. The number of aromatic hydroxyl groups is 1. The van der Waals surface area contributed by atoms with E-state index < -0.39 is 5.97 Å². The van der Waals surface area contributed by atoms with Crippen LogP contribution in [-0.2, 0) is 5.41 Å². The van der Waals surface area contributed by atoms with Gasteiger partial charge in [-0.15, -0.1) is 0 Å². The van der Waals surface area contributed by atoms with Crippen LogP contribution in [0.15, 0.2) is 12.1 Å². The smallest absolute Gasteiger partial charge is 0.341 e. The number of carboxylic acid groups (broad SMARTS) is 1. The molecule has 3 nitrogen and oxygen atoms in total. The lowest BCUT2D eigenvalue weighted by atomic mass is 9.85. The van der Waals surface area contributed by atoms with Crippen molar-refractivity contribution in [2.24, 2.45) is 0 Å². The Morgan fingerprint density at radius 1 is 1.33 bits per heavy atom. The highest BCUT2D eigenvalue weighted by Gasteiger charge is 2.24. The lowest BCUT2D eigenvalue weighted by Crippen LogP contribution is -2.13. The van der Waals surface area contributed by atoms with Crippen LogP contribution >= 0.6 is 11.6 Å². The van der Waals surface area contributed by atoms with Crippen molar-refractivity contribution in [3.05, 3.63) is 28.3 Å². The van der Waals surface area contributed by atoms with Crippen molar-refractivity contribution in [3.63, 3.8) is 0 Å². The van der Waals surface area contributed by atoms with E-state index in [-0.39, 0.29) is 21.8 Å². The molecule has 1 rings (SSSR count). The van der Waals surface area contributed by atoms with Gasteiger partial charge in [0.25, 0.3) is 0 Å². The molecule has 2 N–H and O–H groups in total. The minimum absolute atomic E-state index is 0.0491. The Balaban J connectivity index is 3.49. The molecule has 0 aliphatic heterocycles. The molecule has 0 radical (unpaired) electrons. The summed E-state index contributed by atoms with van der Waals surface area (Å²) in [7, 11) is 0. The third-order valence-corrected chi connectivity index (χ3v) is 2.46. The standard InChI is InChI=1S/C11H13ClO3/c1-11(2,3)6-4-5-7(12)8(9(6)13)10(14)15/h4-5,13H,1-3H3,(H,14,15). The van der Waals surface area contributed by atoms with Crippen molar-refractivity contribution in [2.75, 3.05) is 0 Å². The zero-order valence-corrected chi connectivity index (χ0v) is 9.59. The maximum atomic E-state index is 10.9. The normalized spacial score (nSPS) is 11.5. The number of halogens is 1. The van der Waals surface area contributed by atoms with Gasteiger partial charge in [-0.2, -0.15) is 0 Å². The maximum absolute atomic E-state index is 10.9. The van der Waals surface area contributed by atoms with E-state index >= 15 is 0 Å². The third-order valence-electron chi connectivity index (χ3n) is 2.15. The number of carbonyl (C=O) groups is 1. The quantitative estimate of drug-likeness (QED) is 0.777. The van der Waals surface area contributed by atoms with E-state index in [1.54, 1.807) is 6.07 Å². The molecule has 4 heteroatoms. The van der Waals surface area contributed by atoms with E-state index in [2.05, 4.69) is 0 Å². The number of rotatable bonds is 1. The molecular weight excluding hydrogens is 216 g/mol. The number of phenols is 1. The molecule has 0 saturated heterocycles. The first kappa shape index (κ1) is 11.9. The van der Waals surface area contributed by atoms with Crippen LogP contribution in [0.1, 0.15) is 36.7 Å². The van der Waals surface area contributed by atoms with Crippen LogP contribution < -0.4 is 0 Å². The summed E-state index contributed by atoms with van der Waals surface area (Å²) in [6.07, 6.45) is 0. The number of hydrogen-bond acceptors (Lipinski definition) is 2. The lowest BCUT2D eigenvalue weighted by Gasteiger charge is -2.21. The Labute approximate surface area is 93.3 Å². The Hall–Kier alpha value is -1.22. The van der Waals surface area contributed by atoms with Gasteiger partial charge in [-0.1, -0.05) is 38.4 Å². The highest BCUT2D eigenvalue weighted by molar-refractivity contribution is 6.34. The topological polar surface area (TPSA) is 57.5 Å². The monoisotopic (exact) mass is 228 g/mol. The summed E-state index contributed by atoms with van der Waals surface area (Å²) in [4.78, 5) is 10.9. The molecule has 0 bridgehead atoms. The van der Waals surface area contributed by atoms with E-state index in [9.17, 15) is 9.90 Å². The fraction of sp³-hybridized carbons (Fsp3) is 0.364. The number of hydrogen-bond donors (Lipinski definition) is 2. The van der Waals surface area contributed by atoms with Gasteiger partial charge in [0.05, 0.1) is 5.02 Å². The van der Waals surface area contributed by atoms with Gasteiger partial charge in [0, 0.05) is 5.56 Å². The second-order valence-electron chi connectivity index (χ2n) is 4.37. The van der Waals surface area contributed by atoms with Gasteiger partial charge in [-0.25, -0.2) is 4.79 Å². The zero-order chi connectivity index (χ0) is 11.8. The van der Waals surface area contributed by atoms with Crippen LogP contribution in [0.4, 0.5) is 0 Å². The molecule has 0 unspecified atom stereocenters. The largest absolute Gasteiger partial charge is 0.507 e. The number of aromatic carboxylic acids is 1. The van der Waals surface area contributed by atoms with E-state index in [1.807, 2.05) is 20.8 Å². The minimum atomic E-state index is -1.22. The Morgan fingerprint density at radius 3 is 2.27 bits per heavy atom. The van der Waals surface area contributed by atoms with Gasteiger partial charge in [0.2, 0.25) is 0 Å². The predicted molar refractivity (Wildman–Crippen MR) is 58.8 cm³/mol. The average Bonchev–Trinajstić information content (AvgIpc) is 2.00. The zero-order valence-electron chi connectivity index (χ0n) is 8.84. The van der Waals surface area contributed by atoms with Crippen LogP contribution in [0, 0.1) is 0 Å². The Bertz CT molecular complexity index is 405. The van der Waals surface area contributed by atoms with Gasteiger partial charge in [-0.3, -0.25) is 0 Å². The van der Waals surface area contributed by atoms with Crippen LogP contribution in [0.5, 0.6) is 5.75 Å². The molecule has 0 amide bonds. The molecule has 82 valence electrons. The third kappa shape index (κ3) is 2.23. The molecule has 0 atom stereocenters. The van der Waals surface area contributed by atoms with E-state index in [4.69, 9.17) is 16.7 Å². The maximum Gasteiger partial charge on any atom is 0.341 e. The summed E-state index contributed by atoms with van der Waals surface area (Å²) in [5.74, 6) is -1.47. The first-order valence-corrected chi connectivity index (χ1v) is 4.88. The summed E-state index contributed by atoms with van der Waals surface area (Å²) in [6, 6.07) is 3.13. The van der Waals surface area contributed by atoms with Crippen LogP contribution in [0.2, 0.25) is 5.02 Å². The molecule has 15 heavy (non-hydrogen) atoms. The summed E-state index contributed by atoms with van der Waals surface area (Å²) < 4.78 is 0. The van der Waals surface area contributed by atoms with Gasteiger partial charge < -0.3 is 10.2 Å². The second-order valence-corrected chi connectivity index (χ2v) is 4.78.